The number of halogens is 2. The largest absolute Gasteiger partial charge is 0.465 e. The van der Waals surface area contributed by atoms with Gasteiger partial charge in [0.05, 0.1) is 18.4 Å². The van der Waals surface area contributed by atoms with E-state index in [4.69, 9.17) is 0 Å². The smallest absolute Gasteiger partial charge is 0.340 e. The summed E-state index contributed by atoms with van der Waals surface area (Å²) in [6.07, 6.45) is 0. The van der Waals surface area contributed by atoms with Gasteiger partial charge < -0.3 is 15.4 Å². The Kier molecular flexibility index (Phi) is 6.00. The van der Waals surface area contributed by atoms with Crippen LogP contribution in [0, 0.1) is 11.6 Å². The van der Waals surface area contributed by atoms with E-state index in [-0.39, 0.29) is 17.2 Å². The second-order valence-electron chi connectivity index (χ2n) is 5.36. The fraction of sp³-hybridized carbons (Fsp3) is 0.167. The van der Waals surface area contributed by atoms with Crippen LogP contribution in [0.4, 0.5) is 14.5 Å². The first-order valence-corrected chi connectivity index (χ1v) is 7.54. The van der Waals surface area contributed by atoms with Gasteiger partial charge in [0.25, 0.3) is 5.91 Å². The second kappa shape index (κ2) is 8.19. The highest BCUT2D eigenvalue weighted by molar-refractivity contribution is 6.05. The molecule has 2 amide bonds. The van der Waals surface area contributed by atoms with E-state index in [1.54, 1.807) is 12.1 Å². The molecule has 2 rings (SSSR count). The van der Waals surface area contributed by atoms with E-state index < -0.39 is 29.1 Å². The average molecular weight is 362 g/mol. The summed E-state index contributed by atoms with van der Waals surface area (Å²) in [4.78, 5) is 34.6. The van der Waals surface area contributed by atoms with Crippen LogP contribution in [0.2, 0.25) is 0 Å². The van der Waals surface area contributed by atoms with Gasteiger partial charge in [0.1, 0.15) is 11.6 Å². The summed E-state index contributed by atoms with van der Waals surface area (Å²) in [5.41, 5.74) is 0.159. The molecular weight excluding hydrogens is 346 g/mol. The lowest BCUT2D eigenvalue weighted by atomic mass is 10.1. The Morgan fingerprint density at radius 2 is 1.69 bits per heavy atom. The molecule has 26 heavy (non-hydrogen) atoms. The van der Waals surface area contributed by atoms with Crippen molar-refractivity contribution in [2.75, 3.05) is 12.4 Å². The summed E-state index contributed by atoms with van der Waals surface area (Å²) in [6, 6.07) is 7.62. The molecule has 0 aliphatic rings. The summed E-state index contributed by atoms with van der Waals surface area (Å²) in [7, 11) is 1.06. The number of esters is 1. The molecule has 0 aliphatic carbocycles. The van der Waals surface area contributed by atoms with Crippen LogP contribution in [0.5, 0.6) is 0 Å². The molecule has 0 radical (unpaired) electrons. The molecule has 0 saturated carbocycles. The molecule has 8 heteroatoms. The molecule has 136 valence electrons. The fourth-order valence-corrected chi connectivity index (χ4v) is 2.11. The molecule has 0 bridgehead atoms. The molecule has 6 nitrogen and oxygen atoms in total. The van der Waals surface area contributed by atoms with Crippen molar-refractivity contribution < 1.29 is 27.9 Å². The molecule has 0 fully saturated rings. The van der Waals surface area contributed by atoms with Crippen LogP contribution in [0.25, 0.3) is 0 Å². The summed E-state index contributed by atoms with van der Waals surface area (Å²) in [5.74, 6) is -3.92. The summed E-state index contributed by atoms with van der Waals surface area (Å²) >= 11 is 0. The molecular formula is C18H16F2N2O4. The van der Waals surface area contributed by atoms with Crippen LogP contribution < -0.4 is 10.6 Å². The van der Waals surface area contributed by atoms with Crippen LogP contribution in [0.3, 0.4) is 0 Å². The standard InChI is InChI=1S/C18H16F2N2O4/c1-10(23)21-9-11-3-5-12(6-4-11)17(24)22-16-7-13(18(25)26-2)14(19)8-15(16)20/h3-8H,9H2,1-2H3,(H,21,23)(H,22,24). The van der Waals surface area contributed by atoms with Gasteiger partial charge in [-0.15, -0.1) is 0 Å². The lowest BCUT2D eigenvalue weighted by Gasteiger charge is -2.10. The number of carbonyl (C=O) groups excluding carboxylic acids is 3. The lowest BCUT2D eigenvalue weighted by molar-refractivity contribution is -0.119. The Hall–Kier alpha value is -3.29. The maximum Gasteiger partial charge on any atom is 0.340 e. The van der Waals surface area contributed by atoms with E-state index in [1.807, 2.05) is 0 Å². The number of hydrogen-bond donors (Lipinski definition) is 2. The molecule has 0 heterocycles. The van der Waals surface area contributed by atoms with Crippen molar-refractivity contribution in [3.63, 3.8) is 0 Å². The number of ether oxygens (including phenoxy) is 1. The van der Waals surface area contributed by atoms with Gasteiger partial charge in [-0.1, -0.05) is 12.1 Å². The number of nitrogens with one attached hydrogen (secondary N) is 2. The minimum atomic E-state index is -1.09. The molecule has 0 spiro atoms. The Morgan fingerprint density at radius 3 is 2.27 bits per heavy atom. The van der Waals surface area contributed by atoms with Crippen LogP contribution >= 0.6 is 0 Å². The minimum absolute atomic E-state index is 0.181. The lowest BCUT2D eigenvalue weighted by Crippen LogP contribution is -2.19. The zero-order valence-electron chi connectivity index (χ0n) is 14.1. The monoisotopic (exact) mass is 362 g/mol. The number of rotatable bonds is 5. The van der Waals surface area contributed by atoms with E-state index in [1.165, 1.54) is 19.1 Å². The Bertz CT molecular complexity index is 851. The normalized spacial score (nSPS) is 10.2. The highest BCUT2D eigenvalue weighted by Crippen LogP contribution is 2.21. The topological polar surface area (TPSA) is 84.5 Å². The number of methoxy groups -OCH3 is 1. The van der Waals surface area contributed by atoms with Gasteiger partial charge in [0, 0.05) is 25.1 Å². The van der Waals surface area contributed by atoms with E-state index >= 15 is 0 Å². The highest BCUT2D eigenvalue weighted by Gasteiger charge is 2.18. The van der Waals surface area contributed by atoms with Gasteiger partial charge in [0.2, 0.25) is 5.91 Å². The highest BCUT2D eigenvalue weighted by atomic mass is 19.1. The van der Waals surface area contributed by atoms with E-state index in [2.05, 4.69) is 15.4 Å². The first-order valence-electron chi connectivity index (χ1n) is 7.54. The van der Waals surface area contributed by atoms with E-state index in [9.17, 15) is 23.2 Å². The van der Waals surface area contributed by atoms with Crippen molar-refractivity contribution in [3.8, 4) is 0 Å². The molecule has 2 aromatic carbocycles. The molecule has 0 saturated heterocycles. The predicted octanol–water partition coefficient (Wildman–Crippen LogP) is 2.64. The predicted molar refractivity (Wildman–Crippen MR) is 89.6 cm³/mol. The second-order valence-corrected chi connectivity index (χ2v) is 5.36. The molecule has 0 atom stereocenters. The van der Waals surface area contributed by atoms with Crippen molar-refractivity contribution in [2.45, 2.75) is 13.5 Å². The number of benzene rings is 2. The zero-order valence-corrected chi connectivity index (χ0v) is 14.1. The first-order chi connectivity index (χ1) is 12.3. The van der Waals surface area contributed by atoms with Crippen molar-refractivity contribution in [3.05, 3.63) is 64.7 Å². The Morgan fingerprint density at radius 1 is 1.04 bits per heavy atom. The maximum absolute atomic E-state index is 13.9. The summed E-state index contributed by atoms with van der Waals surface area (Å²) in [5, 5.41) is 4.90. The van der Waals surface area contributed by atoms with Gasteiger partial charge in [-0.25, -0.2) is 13.6 Å². The molecule has 2 N–H and O–H groups in total. The third-order valence-electron chi connectivity index (χ3n) is 3.47. The fourth-order valence-electron chi connectivity index (χ4n) is 2.11. The SMILES string of the molecule is COC(=O)c1cc(NC(=O)c2ccc(CNC(C)=O)cc2)c(F)cc1F. The average Bonchev–Trinajstić information content (AvgIpc) is 2.61. The zero-order chi connectivity index (χ0) is 19.3. The number of amides is 2. The molecule has 0 aromatic heterocycles. The Balaban J connectivity index is 2.16. The van der Waals surface area contributed by atoms with Crippen molar-refractivity contribution >= 4 is 23.5 Å². The number of hydrogen-bond acceptors (Lipinski definition) is 4. The molecule has 0 unspecified atom stereocenters. The van der Waals surface area contributed by atoms with Gasteiger partial charge in [-0.3, -0.25) is 9.59 Å². The van der Waals surface area contributed by atoms with Crippen LogP contribution in [-0.4, -0.2) is 24.9 Å². The maximum atomic E-state index is 13.9. The van der Waals surface area contributed by atoms with Gasteiger partial charge >= 0.3 is 5.97 Å². The van der Waals surface area contributed by atoms with Gasteiger partial charge in [-0.05, 0) is 23.8 Å². The number of anilines is 1. The Labute approximate surface area is 148 Å². The van der Waals surface area contributed by atoms with E-state index in [0.717, 1.165) is 18.7 Å². The third kappa shape index (κ3) is 4.62. The van der Waals surface area contributed by atoms with Crippen LogP contribution in [0.1, 0.15) is 33.2 Å². The van der Waals surface area contributed by atoms with Crippen molar-refractivity contribution in [1.29, 1.82) is 0 Å². The van der Waals surface area contributed by atoms with Crippen LogP contribution in [0.15, 0.2) is 36.4 Å². The number of carbonyl (C=O) groups is 3. The quantitative estimate of drug-likeness (QED) is 0.801. The third-order valence-corrected chi connectivity index (χ3v) is 3.47. The van der Waals surface area contributed by atoms with Crippen LogP contribution in [-0.2, 0) is 16.1 Å². The summed E-state index contributed by atoms with van der Waals surface area (Å²) < 4.78 is 31.9. The van der Waals surface area contributed by atoms with Crippen molar-refractivity contribution in [1.82, 2.24) is 5.32 Å². The first kappa shape index (κ1) is 19.0. The molecule has 2 aromatic rings. The molecule has 0 aliphatic heterocycles. The van der Waals surface area contributed by atoms with Gasteiger partial charge in [0.15, 0.2) is 0 Å². The van der Waals surface area contributed by atoms with E-state index in [0.29, 0.717) is 12.6 Å². The summed E-state index contributed by atoms with van der Waals surface area (Å²) in [6.45, 7) is 1.70. The minimum Gasteiger partial charge on any atom is -0.465 e. The van der Waals surface area contributed by atoms with Gasteiger partial charge in [-0.2, -0.15) is 0 Å². The van der Waals surface area contributed by atoms with Crippen molar-refractivity contribution in [2.24, 2.45) is 0 Å².